The molecule has 0 aliphatic carbocycles. The van der Waals surface area contributed by atoms with Crippen molar-refractivity contribution in [1.82, 2.24) is 0 Å². The number of nitrogens with one attached hydrogen (secondary N) is 1. The third kappa shape index (κ3) is 5.83. The third-order valence-electron chi connectivity index (χ3n) is 4.55. The Morgan fingerprint density at radius 3 is 2.15 bits per heavy atom. The van der Waals surface area contributed by atoms with Gasteiger partial charge in [-0.05, 0) is 54.6 Å². The van der Waals surface area contributed by atoms with Crippen LogP contribution in [0.5, 0.6) is 11.5 Å². The quantitative estimate of drug-likeness (QED) is 0.417. The van der Waals surface area contributed by atoms with Gasteiger partial charge in [0.05, 0.1) is 34.8 Å². The first-order chi connectivity index (χ1) is 15.6. The second kappa shape index (κ2) is 10.5. The van der Waals surface area contributed by atoms with Crippen molar-refractivity contribution in [3.8, 4) is 11.5 Å². The van der Waals surface area contributed by atoms with E-state index in [4.69, 9.17) is 44.3 Å². The van der Waals surface area contributed by atoms with Crippen LogP contribution in [0.3, 0.4) is 0 Å². The van der Waals surface area contributed by atoms with Crippen molar-refractivity contribution in [2.75, 3.05) is 30.4 Å². The van der Waals surface area contributed by atoms with Crippen molar-refractivity contribution in [2.45, 2.75) is 4.90 Å². The van der Waals surface area contributed by atoms with Crippen LogP contribution in [-0.4, -0.2) is 35.1 Å². The zero-order chi connectivity index (χ0) is 24.2. The zero-order valence-electron chi connectivity index (χ0n) is 17.5. The number of hydrogen-bond acceptors (Lipinski definition) is 5. The summed E-state index contributed by atoms with van der Waals surface area (Å²) in [4.78, 5) is 12.7. The number of benzene rings is 3. The molecule has 7 nitrogen and oxygen atoms in total. The predicted molar refractivity (Wildman–Crippen MR) is 131 cm³/mol. The number of anilines is 2. The Hall–Kier alpha value is -2.65. The molecule has 0 atom stereocenters. The van der Waals surface area contributed by atoms with E-state index in [1.165, 1.54) is 68.8 Å². The fraction of sp³-hybridized carbons (Fsp3) is 0.136. The summed E-state index contributed by atoms with van der Waals surface area (Å²) in [5, 5.41) is 3.63. The first kappa shape index (κ1) is 25.0. The summed E-state index contributed by atoms with van der Waals surface area (Å²) < 4.78 is 38.5. The molecule has 3 aromatic rings. The van der Waals surface area contributed by atoms with Crippen LogP contribution < -0.4 is 19.1 Å². The van der Waals surface area contributed by atoms with E-state index in [1.807, 2.05) is 0 Å². The second-order valence-corrected chi connectivity index (χ2v) is 9.80. The normalized spacial score (nSPS) is 11.1. The van der Waals surface area contributed by atoms with Crippen LogP contribution in [0.25, 0.3) is 0 Å². The van der Waals surface area contributed by atoms with E-state index < -0.39 is 22.5 Å². The lowest BCUT2D eigenvalue weighted by molar-refractivity contribution is -0.114. The minimum atomic E-state index is -4.18. The van der Waals surface area contributed by atoms with Crippen LogP contribution in [0.4, 0.5) is 11.4 Å². The van der Waals surface area contributed by atoms with Gasteiger partial charge in [0.25, 0.3) is 10.0 Å². The van der Waals surface area contributed by atoms with E-state index in [0.29, 0.717) is 21.5 Å². The fourth-order valence-corrected chi connectivity index (χ4v) is 4.79. The molecule has 3 rings (SSSR count). The lowest BCUT2D eigenvalue weighted by Crippen LogP contribution is -2.38. The Morgan fingerprint density at radius 2 is 1.55 bits per heavy atom. The molecular formula is C22H19Cl3N2O5S. The molecule has 11 heteroatoms. The Kier molecular flexibility index (Phi) is 7.97. The van der Waals surface area contributed by atoms with Crippen molar-refractivity contribution in [1.29, 1.82) is 0 Å². The van der Waals surface area contributed by atoms with Gasteiger partial charge in [-0.3, -0.25) is 9.10 Å². The third-order valence-corrected chi connectivity index (χ3v) is 7.31. The highest BCUT2D eigenvalue weighted by Crippen LogP contribution is 2.32. The molecule has 1 N–H and O–H groups in total. The topological polar surface area (TPSA) is 84.9 Å². The smallest absolute Gasteiger partial charge is 0.264 e. The van der Waals surface area contributed by atoms with Crippen LogP contribution in [0.1, 0.15) is 0 Å². The van der Waals surface area contributed by atoms with Crippen molar-refractivity contribution in [2.24, 2.45) is 0 Å². The SMILES string of the molecule is COc1ccc(S(=O)(=O)N(CC(=O)Nc2ccc(Cl)c(Cl)c2)c2ccc(Cl)cc2)cc1OC. The number of ether oxygens (including phenoxy) is 2. The van der Waals surface area contributed by atoms with Crippen LogP contribution in [-0.2, 0) is 14.8 Å². The standard InChI is InChI=1S/C22H19Cl3N2O5S/c1-31-20-10-8-17(12-21(20)32-2)33(29,30)27(16-6-3-14(23)4-7-16)13-22(28)26-15-5-9-18(24)19(25)11-15/h3-12H,13H2,1-2H3,(H,26,28). The van der Waals surface area contributed by atoms with Gasteiger partial charge in [0.15, 0.2) is 11.5 Å². The minimum absolute atomic E-state index is 0.0857. The zero-order valence-corrected chi connectivity index (χ0v) is 20.6. The number of methoxy groups -OCH3 is 2. The van der Waals surface area contributed by atoms with Crippen LogP contribution in [0.2, 0.25) is 15.1 Å². The molecule has 0 saturated carbocycles. The summed E-state index contributed by atoms with van der Waals surface area (Å²) in [6, 6.07) is 14.8. The maximum atomic E-state index is 13.6. The average molecular weight is 530 g/mol. The highest BCUT2D eigenvalue weighted by atomic mass is 35.5. The Morgan fingerprint density at radius 1 is 0.879 bits per heavy atom. The molecule has 174 valence electrons. The summed E-state index contributed by atoms with van der Waals surface area (Å²) >= 11 is 17.9. The van der Waals surface area contributed by atoms with Gasteiger partial charge in [-0.15, -0.1) is 0 Å². The molecule has 33 heavy (non-hydrogen) atoms. The fourth-order valence-electron chi connectivity index (χ4n) is 2.93. The molecule has 0 unspecified atom stereocenters. The van der Waals surface area contributed by atoms with Gasteiger partial charge in [0.1, 0.15) is 6.54 Å². The number of hydrogen-bond donors (Lipinski definition) is 1. The van der Waals surface area contributed by atoms with Crippen LogP contribution in [0, 0.1) is 0 Å². The van der Waals surface area contributed by atoms with Crippen molar-refractivity contribution < 1.29 is 22.7 Å². The van der Waals surface area contributed by atoms with E-state index in [1.54, 1.807) is 6.07 Å². The van der Waals surface area contributed by atoms with Gasteiger partial charge < -0.3 is 14.8 Å². The van der Waals surface area contributed by atoms with E-state index in [2.05, 4.69) is 5.32 Å². The molecule has 3 aromatic carbocycles. The lowest BCUT2D eigenvalue weighted by atomic mass is 10.3. The Bertz CT molecular complexity index is 1270. The van der Waals surface area contributed by atoms with Crippen molar-refractivity contribution in [3.63, 3.8) is 0 Å². The molecule has 0 aliphatic rings. The summed E-state index contributed by atoms with van der Waals surface area (Å²) in [7, 11) is -1.34. The van der Waals surface area contributed by atoms with Crippen LogP contribution >= 0.6 is 34.8 Å². The van der Waals surface area contributed by atoms with Gasteiger partial charge in [-0.2, -0.15) is 0 Å². The summed E-state index contributed by atoms with van der Waals surface area (Å²) in [5.74, 6) is 0.00846. The summed E-state index contributed by atoms with van der Waals surface area (Å²) in [5.41, 5.74) is 0.618. The number of nitrogens with zero attached hydrogens (tertiary/aromatic N) is 1. The number of sulfonamides is 1. The number of halogens is 3. The molecule has 1 amide bonds. The van der Waals surface area contributed by atoms with Crippen LogP contribution in [0.15, 0.2) is 65.6 Å². The Labute approximate surface area is 206 Å². The Balaban J connectivity index is 1.98. The van der Waals surface area contributed by atoms with E-state index in [0.717, 1.165) is 4.31 Å². The summed E-state index contributed by atoms with van der Waals surface area (Å²) in [6.45, 7) is -0.515. The minimum Gasteiger partial charge on any atom is -0.493 e. The number of rotatable bonds is 8. The van der Waals surface area contributed by atoms with Gasteiger partial charge in [-0.25, -0.2) is 8.42 Å². The van der Waals surface area contributed by atoms with Crippen molar-refractivity contribution >= 4 is 62.1 Å². The van der Waals surface area contributed by atoms with Gasteiger partial charge in [-0.1, -0.05) is 34.8 Å². The van der Waals surface area contributed by atoms with Gasteiger partial charge >= 0.3 is 0 Å². The van der Waals surface area contributed by atoms with Gasteiger partial charge in [0, 0.05) is 16.8 Å². The molecule has 0 saturated heterocycles. The molecule has 0 bridgehead atoms. The number of carbonyl (C=O) groups is 1. The van der Waals surface area contributed by atoms with E-state index >= 15 is 0 Å². The predicted octanol–water partition coefficient (Wildman–Crippen LogP) is 5.50. The van der Waals surface area contributed by atoms with Crippen molar-refractivity contribution in [3.05, 3.63) is 75.7 Å². The lowest BCUT2D eigenvalue weighted by Gasteiger charge is -2.24. The molecule has 0 radical (unpaired) electrons. The molecule has 0 heterocycles. The first-order valence-corrected chi connectivity index (χ1v) is 12.0. The largest absolute Gasteiger partial charge is 0.493 e. The van der Waals surface area contributed by atoms with E-state index in [-0.39, 0.29) is 21.4 Å². The highest BCUT2D eigenvalue weighted by Gasteiger charge is 2.28. The average Bonchev–Trinajstić information content (AvgIpc) is 2.80. The summed E-state index contributed by atoms with van der Waals surface area (Å²) in [6.07, 6.45) is 0. The second-order valence-electron chi connectivity index (χ2n) is 6.68. The van der Waals surface area contributed by atoms with E-state index in [9.17, 15) is 13.2 Å². The monoisotopic (exact) mass is 528 g/mol. The molecule has 0 spiro atoms. The maximum Gasteiger partial charge on any atom is 0.264 e. The number of carbonyl (C=O) groups excluding carboxylic acids is 1. The molecule has 0 aliphatic heterocycles. The maximum absolute atomic E-state index is 13.6. The first-order valence-electron chi connectivity index (χ1n) is 9.41. The molecular weight excluding hydrogens is 511 g/mol. The molecule has 0 aromatic heterocycles. The van der Waals surface area contributed by atoms with Gasteiger partial charge in [0.2, 0.25) is 5.91 Å². The molecule has 0 fully saturated rings. The highest BCUT2D eigenvalue weighted by molar-refractivity contribution is 7.92. The number of amides is 1.